The van der Waals surface area contributed by atoms with Gasteiger partial charge in [-0.3, -0.25) is 0 Å². The lowest BCUT2D eigenvalue weighted by Crippen LogP contribution is -2.37. The van der Waals surface area contributed by atoms with Gasteiger partial charge in [0.15, 0.2) is 0 Å². The van der Waals surface area contributed by atoms with E-state index >= 15 is 0 Å². The smallest absolute Gasteiger partial charge is 0.142 e. The first kappa shape index (κ1) is 9.43. The molecule has 1 heterocycles. The molecule has 1 aromatic rings. The van der Waals surface area contributed by atoms with E-state index in [2.05, 4.69) is 55.8 Å². The third-order valence-corrected chi connectivity index (χ3v) is 2.17. The van der Waals surface area contributed by atoms with Crippen LogP contribution in [0.2, 0.25) is 19.5 Å². The van der Waals surface area contributed by atoms with E-state index in [1.807, 2.05) is 0 Å². The lowest BCUT2D eigenvalue weighted by atomic mass is 9.62. The van der Waals surface area contributed by atoms with Gasteiger partial charge in [-0.1, -0.05) is 21.3 Å². The molecule has 0 spiro atoms. The highest BCUT2D eigenvalue weighted by molar-refractivity contribution is 6.55. The van der Waals surface area contributed by atoms with Crippen LogP contribution in [-0.4, -0.2) is 18.7 Å². The van der Waals surface area contributed by atoms with Crippen LogP contribution < -0.4 is 4.48 Å². The van der Waals surface area contributed by atoms with Crippen LogP contribution in [0.3, 0.4) is 0 Å². The average molecular weight is 162 g/mol. The number of aromatic nitrogens is 2. The Morgan fingerprint density at radius 3 is 2.83 bits per heavy atom. The van der Waals surface area contributed by atoms with Gasteiger partial charge in [-0.15, -0.1) is 0 Å². The van der Waals surface area contributed by atoms with Crippen molar-refractivity contribution >= 4 is 14.3 Å². The monoisotopic (exact) mass is 162 g/mol. The second-order valence-electron chi connectivity index (χ2n) is 3.16. The Kier molecular flexibility index (Phi) is 3.45. The second-order valence-corrected chi connectivity index (χ2v) is 3.16. The van der Waals surface area contributed by atoms with E-state index in [4.69, 9.17) is 0 Å². The molecule has 0 saturated heterocycles. The van der Waals surface area contributed by atoms with E-state index in [-0.39, 0.29) is 0 Å². The average Bonchev–Trinajstić information content (AvgIpc) is 2.52. The van der Waals surface area contributed by atoms with Crippen molar-refractivity contribution in [1.29, 1.82) is 0 Å². The molecular formula is C8H16B2N2-. The number of rotatable bonds is 4. The highest BCUT2D eigenvalue weighted by atomic mass is 15.0. The van der Waals surface area contributed by atoms with Crippen molar-refractivity contribution < 1.29 is 4.48 Å². The van der Waals surface area contributed by atoms with Gasteiger partial charge in [-0.25, -0.2) is 0 Å². The molecule has 0 atom stereocenters. The number of hydrogen-bond donors (Lipinski definition) is 0. The summed E-state index contributed by atoms with van der Waals surface area (Å²) in [7, 11) is 2.17. The Bertz CT molecular complexity index is 235. The summed E-state index contributed by atoms with van der Waals surface area (Å²) in [6.07, 6.45) is 8.61. The minimum absolute atomic E-state index is 0.608. The van der Waals surface area contributed by atoms with E-state index in [1.165, 1.54) is 6.32 Å². The van der Waals surface area contributed by atoms with Gasteiger partial charge < -0.3 is 8.96 Å². The standard InChI is InChI=1S/C8H16B2N2/c1-4-9-11-6-7-12(8-11)10(3)5-2/h6-8H,4-5H2,1-3H3/q-1. The molecule has 1 aromatic heterocycles. The molecule has 0 saturated carbocycles. The van der Waals surface area contributed by atoms with Gasteiger partial charge in [-0.05, 0) is 0 Å². The molecule has 0 aliphatic carbocycles. The zero-order chi connectivity index (χ0) is 8.97. The maximum absolute atomic E-state index is 2.24. The van der Waals surface area contributed by atoms with Crippen molar-refractivity contribution in [3.05, 3.63) is 18.7 Å². The predicted octanol–water partition coefficient (Wildman–Crippen LogP) is 1.17. The fraction of sp³-hybridized carbons (Fsp3) is 0.625. The first-order chi connectivity index (χ1) is 5.77. The Morgan fingerprint density at radius 1 is 1.50 bits per heavy atom. The van der Waals surface area contributed by atoms with E-state index in [1.54, 1.807) is 0 Å². The van der Waals surface area contributed by atoms with Gasteiger partial charge >= 0.3 is 0 Å². The first-order valence-corrected chi connectivity index (χ1v) is 4.69. The van der Waals surface area contributed by atoms with Crippen LogP contribution in [0.5, 0.6) is 0 Å². The summed E-state index contributed by atoms with van der Waals surface area (Å²) in [5, 5.41) is 0. The third-order valence-electron chi connectivity index (χ3n) is 2.17. The van der Waals surface area contributed by atoms with Gasteiger partial charge in [-0.2, -0.15) is 19.5 Å². The molecule has 0 aliphatic heterocycles. The van der Waals surface area contributed by atoms with Crippen LogP contribution in [0.1, 0.15) is 13.8 Å². The Labute approximate surface area is 76.0 Å². The zero-order valence-electron chi connectivity index (χ0n) is 8.20. The van der Waals surface area contributed by atoms with Crippen molar-refractivity contribution in [2.75, 3.05) is 0 Å². The van der Waals surface area contributed by atoms with Crippen LogP contribution in [0, 0.1) is 0 Å². The molecular weight excluding hydrogens is 146 g/mol. The summed E-state index contributed by atoms with van der Waals surface area (Å²) in [4.78, 5) is 0. The van der Waals surface area contributed by atoms with Gasteiger partial charge in [0.1, 0.15) is 6.33 Å². The number of imidazole rings is 1. The maximum atomic E-state index is 2.24. The molecule has 0 bridgehead atoms. The topological polar surface area (TPSA) is 8.81 Å². The van der Waals surface area contributed by atoms with E-state index in [0.29, 0.717) is 6.85 Å². The molecule has 1 rings (SSSR count). The lowest BCUT2D eigenvalue weighted by Gasteiger charge is -2.14. The van der Waals surface area contributed by atoms with Crippen LogP contribution in [0.4, 0.5) is 0 Å². The molecule has 4 heteroatoms. The van der Waals surface area contributed by atoms with Crippen molar-refractivity contribution in [3.63, 3.8) is 0 Å². The summed E-state index contributed by atoms with van der Waals surface area (Å²) in [5.41, 5.74) is 0. The van der Waals surface area contributed by atoms with Crippen molar-refractivity contribution in [2.24, 2.45) is 0 Å². The molecule has 0 N–H and O–H groups in total. The summed E-state index contributed by atoms with van der Waals surface area (Å²) in [5.74, 6) is 0. The van der Waals surface area contributed by atoms with Gasteiger partial charge in [0.2, 0.25) is 0 Å². The van der Waals surface area contributed by atoms with Crippen LogP contribution in [0.25, 0.3) is 0 Å². The van der Waals surface area contributed by atoms with Crippen LogP contribution in [0.15, 0.2) is 18.7 Å². The summed E-state index contributed by atoms with van der Waals surface area (Å²) in [6, 6.07) is 0. The predicted molar refractivity (Wildman–Crippen MR) is 53.8 cm³/mol. The number of nitrogens with zero attached hydrogens (tertiary/aromatic N) is 2. The Morgan fingerprint density at radius 2 is 2.25 bits per heavy atom. The van der Waals surface area contributed by atoms with Crippen molar-refractivity contribution in [1.82, 2.24) is 4.48 Å². The molecule has 12 heavy (non-hydrogen) atoms. The molecule has 3 radical (unpaired) electrons. The summed E-state index contributed by atoms with van der Waals surface area (Å²) >= 11 is 0. The summed E-state index contributed by atoms with van der Waals surface area (Å²) in [6.45, 7) is 7.19. The molecule has 2 nitrogen and oxygen atoms in total. The molecule has 65 valence electrons. The molecule has 0 unspecified atom stereocenters. The Hall–Kier alpha value is -0.660. The highest BCUT2D eigenvalue weighted by Gasteiger charge is 1.96. The van der Waals surface area contributed by atoms with Crippen LogP contribution in [-0.2, 0) is 0 Å². The quantitative estimate of drug-likeness (QED) is 0.587. The highest BCUT2D eigenvalue weighted by Crippen LogP contribution is 1.94. The fourth-order valence-corrected chi connectivity index (χ4v) is 1.18. The zero-order valence-corrected chi connectivity index (χ0v) is 8.20. The molecule has 0 aromatic carbocycles. The molecule has 0 aliphatic rings. The van der Waals surface area contributed by atoms with E-state index in [0.717, 1.165) is 6.32 Å². The van der Waals surface area contributed by atoms with Gasteiger partial charge in [0.05, 0.1) is 19.2 Å². The third kappa shape index (κ3) is 2.16. The minimum Gasteiger partial charge on any atom is -0.500 e. The van der Waals surface area contributed by atoms with Crippen molar-refractivity contribution in [2.45, 2.75) is 33.3 Å². The Balaban J connectivity index is 2.63. The minimum atomic E-state index is 0.608. The van der Waals surface area contributed by atoms with Crippen LogP contribution >= 0.6 is 0 Å². The largest absolute Gasteiger partial charge is 0.500 e. The maximum Gasteiger partial charge on any atom is 0.142 e. The fourth-order valence-electron chi connectivity index (χ4n) is 1.18. The summed E-state index contributed by atoms with van der Waals surface area (Å²) < 4.78 is 4.36. The SMILES string of the molecule is CC[B-][n+]1ccn([B-](C)CC)c1. The van der Waals surface area contributed by atoms with E-state index < -0.39 is 0 Å². The lowest BCUT2D eigenvalue weighted by molar-refractivity contribution is -0.528. The first-order valence-electron chi connectivity index (χ1n) is 4.69. The molecule has 0 fully saturated rings. The second kappa shape index (κ2) is 4.39. The normalized spacial score (nSPS) is 11.0. The van der Waals surface area contributed by atoms with Gasteiger partial charge in [0.25, 0.3) is 0 Å². The molecule has 0 amide bonds. The van der Waals surface area contributed by atoms with Crippen molar-refractivity contribution in [3.8, 4) is 0 Å². The number of hydrogen-bond acceptors (Lipinski definition) is 0. The van der Waals surface area contributed by atoms with E-state index in [9.17, 15) is 0 Å². The van der Waals surface area contributed by atoms with Gasteiger partial charge in [0, 0.05) is 0 Å².